The van der Waals surface area contributed by atoms with Crippen molar-refractivity contribution in [3.05, 3.63) is 141 Å². The Bertz CT molecular complexity index is 5100. The minimum Gasteiger partial charge on any atom is -0.378 e. The molecule has 12 rings (SSSR count). The summed E-state index contributed by atoms with van der Waals surface area (Å²) < 4.78 is 32.1. The van der Waals surface area contributed by atoms with Gasteiger partial charge in [0.05, 0.1) is 82.3 Å². The van der Waals surface area contributed by atoms with Crippen LogP contribution in [0.3, 0.4) is 0 Å². The molecular formula is C78H94ClN23O13S. The number of imidazole rings is 3. The molecule has 7 aromatic heterocycles. The molecule has 1 aromatic carbocycles. The number of hydrogen-bond acceptors (Lipinski definition) is 22. The lowest BCUT2D eigenvalue weighted by molar-refractivity contribution is -0.136. The Balaban J connectivity index is 0.430. The average Bonchev–Trinajstić information content (AvgIpc) is 1.58. The van der Waals surface area contributed by atoms with Crippen LogP contribution in [0.1, 0.15) is 118 Å². The number of fused-ring (bicyclic) bond motifs is 3. The van der Waals surface area contributed by atoms with Crippen molar-refractivity contribution in [3.8, 4) is 28.7 Å². The third-order valence-electron chi connectivity index (χ3n) is 19.8. The number of carbonyl (C=O) groups excluding carboxylic acids is 9. The van der Waals surface area contributed by atoms with E-state index in [4.69, 9.17) is 35.5 Å². The fraction of sp³-hybridized carbons (Fsp3) is 0.449. The van der Waals surface area contributed by atoms with Crippen molar-refractivity contribution in [2.24, 2.45) is 52.1 Å². The molecule has 38 heteroatoms. The summed E-state index contributed by atoms with van der Waals surface area (Å²) in [4.78, 5) is 142. The molecule has 1 atom stereocenters. The number of aromatic nitrogens is 11. The largest absolute Gasteiger partial charge is 0.378 e. The summed E-state index contributed by atoms with van der Waals surface area (Å²) in [5, 5.41) is 32.0. The Labute approximate surface area is 678 Å². The third kappa shape index (κ3) is 21.6. The van der Waals surface area contributed by atoms with E-state index in [0.717, 1.165) is 66.0 Å². The predicted molar refractivity (Wildman–Crippen MR) is 430 cm³/mol. The highest BCUT2D eigenvalue weighted by Gasteiger charge is 2.39. The minimum atomic E-state index is -0.637. The van der Waals surface area contributed by atoms with Gasteiger partial charge < -0.3 is 89.2 Å². The number of aliphatic imine (C=N–C) groups is 1. The number of ether oxygens (including phenoxy) is 4. The summed E-state index contributed by atoms with van der Waals surface area (Å²) in [6.45, 7) is 15.6. The van der Waals surface area contributed by atoms with Gasteiger partial charge in [-0.1, -0.05) is 35.6 Å². The zero-order valence-electron chi connectivity index (χ0n) is 65.8. The second-order valence-corrected chi connectivity index (χ2v) is 30.1. The van der Waals surface area contributed by atoms with Gasteiger partial charge in [-0.15, -0.1) is 21.5 Å². The predicted octanol–water partition coefficient (Wildman–Crippen LogP) is 3.17. The number of carbonyl (C=O) groups is 9. The first-order valence-corrected chi connectivity index (χ1v) is 39.2. The third-order valence-corrected chi connectivity index (χ3v) is 21.2. The molecule has 8 aromatic rings. The first-order valence-electron chi connectivity index (χ1n) is 38.0. The molecule has 11 heterocycles. The number of hydrogen-bond donors (Lipinski definition) is 8. The first kappa shape index (κ1) is 83.7. The number of aryl methyl sites for hydroxylation is 7. The van der Waals surface area contributed by atoms with Crippen molar-refractivity contribution < 1.29 is 62.1 Å². The standard InChI is InChI=1S/C78H94ClN23O13S/c1-48-49(2)116-78-67(48)68(53-13-15-54(79)16-14-53)87-58(69-93-92-50(3)102(69)78)37-66(106)101-40-52(41-101)12-10-9-11-51-38-100(39-51)57-44-99(45-57)26-28-113-30-32-115-34-33-114-31-29-112-27-24-80-63(103)17-20-84-75(109)71-90-61(46-97(71)7)88-64(104)18-21-83-74(108)60-36-56(43-96(60)6)86-77(111)72-91-62(47-98(72)8)89-65(105)19-22-82-73(107)59-35-55(42-95(59)5)85-76(110)70-81-23-25-94(70)4/h13-16,23,25,35-36,42-43,46-47,51-52,57-58H,17-22,24,26-34,37-41,44-45H2,1-8H3,(H,80,103)(H,82,107)(H,83,108)(H,84,109)(H,85,110)(H,86,111)(H,88,104)(H,89,105)/t58-/m0/s1. The van der Waals surface area contributed by atoms with E-state index in [-0.39, 0.29) is 122 Å². The van der Waals surface area contributed by atoms with Crippen LogP contribution in [0, 0.1) is 56.3 Å². The van der Waals surface area contributed by atoms with Crippen molar-refractivity contribution in [2.75, 3.05) is 146 Å². The summed E-state index contributed by atoms with van der Waals surface area (Å²) in [5.41, 5.74) is 5.00. The van der Waals surface area contributed by atoms with E-state index >= 15 is 0 Å². The summed E-state index contributed by atoms with van der Waals surface area (Å²) in [6.07, 6.45) is 9.02. The van der Waals surface area contributed by atoms with Crippen LogP contribution in [0.4, 0.5) is 23.0 Å². The second kappa shape index (κ2) is 39.1. The van der Waals surface area contributed by atoms with Crippen LogP contribution in [0.15, 0.2) is 78.6 Å². The highest BCUT2D eigenvalue weighted by Crippen LogP contribution is 2.40. The van der Waals surface area contributed by atoms with Crippen LogP contribution in [-0.4, -0.2) is 257 Å². The lowest BCUT2D eigenvalue weighted by Gasteiger charge is -2.51. The quantitative estimate of drug-likeness (QED) is 0.0205. The molecule has 612 valence electrons. The van der Waals surface area contributed by atoms with Crippen LogP contribution in [0.5, 0.6) is 0 Å². The van der Waals surface area contributed by atoms with Gasteiger partial charge in [0.1, 0.15) is 28.3 Å². The Hall–Kier alpha value is -11.7. The lowest BCUT2D eigenvalue weighted by atomic mass is 9.95. The molecule has 0 radical (unpaired) electrons. The highest BCUT2D eigenvalue weighted by atomic mass is 35.5. The molecule has 4 aliphatic rings. The van der Waals surface area contributed by atoms with Gasteiger partial charge in [0.15, 0.2) is 23.3 Å². The monoisotopic (exact) mass is 1630 g/mol. The molecule has 0 aliphatic carbocycles. The van der Waals surface area contributed by atoms with Crippen LogP contribution in [-0.2, 0) is 73.4 Å². The molecule has 9 amide bonds. The van der Waals surface area contributed by atoms with Crippen LogP contribution < -0.4 is 42.5 Å². The fourth-order valence-corrected chi connectivity index (χ4v) is 14.7. The summed E-state index contributed by atoms with van der Waals surface area (Å²) in [6, 6.07) is 10.6. The van der Waals surface area contributed by atoms with E-state index in [2.05, 4.69) is 120 Å². The zero-order valence-corrected chi connectivity index (χ0v) is 67.4. The SMILES string of the molecule is Cc1sc2c(c1C)C(c1ccc(Cl)cc1)=N[C@@H](CC(=O)N1CC(C#CC#CC3CN(C4CN(CCOCCOCCOCCOCCNC(=O)CCNC(=O)c5nc(NC(=O)CCNC(=O)c6cc(NC(=O)c7nc(NC(=O)CCNC(=O)c8cc(NC(=O)c9nccn9C)cn8C)cn7C)cn6C)cn5C)C4)C3)C1)c1nnc(C)n1-2. The number of amides is 9. The minimum absolute atomic E-state index is 0.00354. The highest BCUT2D eigenvalue weighted by molar-refractivity contribution is 7.15. The van der Waals surface area contributed by atoms with Gasteiger partial charge >= 0.3 is 0 Å². The van der Waals surface area contributed by atoms with Crippen LogP contribution in [0.25, 0.3) is 5.00 Å². The second-order valence-electron chi connectivity index (χ2n) is 28.5. The molecule has 3 fully saturated rings. The summed E-state index contributed by atoms with van der Waals surface area (Å²) >= 11 is 7.96. The van der Waals surface area contributed by atoms with Crippen molar-refractivity contribution in [1.29, 1.82) is 0 Å². The van der Waals surface area contributed by atoms with Crippen molar-refractivity contribution in [1.82, 2.24) is 88.5 Å². The van der Waals surface area contributed by atoms with Crippen molar-refractivity contribution in [2.45, 2.75) is 58.5 Å². The molecule has 116 heavy (non-hydrogen) atoms. The maximum Gasteiger partial charge on any atom is 0.291 e. The number of benzene rings is 1. The number of rotatable bonds is 37. The molecule has 0 spiro atoms. The van der Waals surface area contributed by atoms with Gasteiger partial charge in [0, 0.05) is 197 Å². The lowest BCUT2D eigenvalue weighted by Crippen LogP contribution is -2.65. The van der Waals surface area contributed by atoms with E-state index in [0.29, 0.717) is 87.8 Å². The van der Waals surface area contributed by atoms with Gasteiger partial charge in [0.2, 0.25) is 35.3 Å². The Kier molecular flexibility index (Phi) is 28.2. The average molecular weight is 1630 g/mol. The maximum absolute atomic E-state index is 13.7. The molecule has 0 bridgehead atoms. The number of likely N-dealkylation sites (tertiary alicyclic amines) is 3. The number of anilines is 4. The molecule has 8 N–H and O–H groups in total. The summed E-state index contributed by atoms with van der Waals surface area (Å²) in [5.74, 6) is 11.0. The van der Waals surface area contributed by atoms with Crippen molar-refractivity contribution in [3.63, 3.8) is 0 Å². The number of halogens is 1. The van der Waals surface area contributed by atoms with Gasteiger partial charge in [-0.2, -0.15) is 0 Å². The Morgan fingerprint density at radius 2 is 1.08 bits per heavy atom. The number of nitrogens with one attached hydrogen (secondary N) is 8. The van der Waals surface area contributed by atoms with Crippen LogP contribution in [0.2, 0.25) is 5.02 Å². The first-order chi connectivity index (χ1) is 55.9. The van der Waals surface area contributed by atoms with Gasteiger partial charge in [-0.3, -0.25) is 62.5 Å². The van der Waals surface area contributed by atoms with E-state index < -0.39 is 47.4 Å². The van der Waals surface area contributed by atoms with Gasteiger partial charge in [-0.25, -0.2) is 15.0 Å². The van der Waals surface area contributed by atoms with E-state index in [9.17, 15) is 43.2 Å². The molecule has 4 aliphatic heterocycles. The van der Waals surface area contributed by atoms with E-state index in [1.54, 1.807) is 63.5 Å². The number of nitrogens with zero attached hydrogens (tertiary/aromatic N) is 15. The van der Waals surface area contributed by atoms with Crippen molar-refractivity contribution >= 4 is 105 Å². The van der Waals surface area contributed by atoms with Gasteiger partial charge in [-0.05, 0) is 62.4 Å². The summed E-state index contributed by atoms with van der Waals surface area (Å²) in [7, 11) is 8.06. The fourth-order valence-electron chi connectivity index (χ4n) is 13.3. The maximum atomic E-state index is 13.7. The molecule has 3 saturated heterocycles. The van der Waals surface area contributed by atoms with E-state index in [1.807, 2.05) is 36.1 Å². The normalized spacial score (nSPS) is 14.7. The molecule has 0 saturated carbocycles. The van der Waals surface area contributed by atoms with Gasteiger partial charge in [0.25, 0.3) is 29.5 Å². The Morgan fingerprint density at radius 3 is 1.65 bits per heavy atom. The van der Waals surface area contributed by atoms with E-state index in [1.165, 1.54) is 60.1 Å². The smallest absolute Gasteiger partial charge is 0.291 e. The Morgan fingerprint density at radius 1 is 0.552 bits per heavy atom. The molecule has 36 nitrogen and oxygen atoms in total. The number of thiophene rings is 1. The zero-order chi connectivity index (χ0) is 82.1. The van der Waals surface area contributed by atoms with Crippen LogP contribution >= 0.6 is 22.9 Å². The topological polar surface area (TPSA) is 403 Å². The molecular weight excluding hydrogens is 1530 g/mol. The molecule has 0 unspecified atom stereocenters.